The fraction of sp³-hybridized carbons (Fsp3) is 0.333. The molecule has 162 valence electrons. The van der Waals surface area contributed by atoms with Crippen molar-refractivity contribution in [3.8, 4) is 11.5 Å². The maximum Gasteiger partial charge on any atom is 0.282 e. The number of para-hydroxylation sites is 1. The van der Waals surface area contributed by atoms with Gasteiger partial charge in [-0.3, -0.25) is 14.9 Å². The van der Waals surface area contributed by atoms with Crippen LogP contribution in [0.1, 0.15) is 12.0 Å². The van der Waals surface area contributed by atoms with E-state index in [-0.39, 0.29) is 24.0 Å². The Morgan fingerprint density at radius 1 is 1.19 bits per heavy atom. The van der Waals surface area contributed by atoms with Gasteiger partial charge in [0.15, 0.2) is 11.5 Å². The van der Waals surface area contributed by atoms with Crippen molar-refractivity contribution in [2.45, 2.75) is 6.42 Å². The Kier molecular flexibility index (Phi) is 6.27. The second kappa shape index (κ2) is 9.43. The lowest BCUT2D eigenvalue weighted by atomic mass is 10.1. The number of fused-ring (bicyclic) bond motifs is 1. The van der Waals surface area contributed by atoms with Crippen molar-refractivity contribution in [3.05, 3.63) is 58.1 Å². The third-order valence-corrected chi connectivity index (χ3v) is 5.41. The molecule has 1 amide bonds. The van der Waals surface area contributed by atoms with Crippen LogP contribution < -0.4 is 24.7 Å². The van der Waals surface area contributed by atoms with Crippen LogP contribution in [0.25, 0.3) is 0 Å². The van der Waals surface area contributed by atoms with Gasteiger partial charge in [-0.05, 0) is 18.2 Å². The monoisotopic (exact) mass is 426 g/mol. The van der Waals surface area contributed by atoms with Crippen LogP contribution in [0.2, 0.25) is 0 Å². The Bertz CT molecular complexity index is 974. The Morgan fingerprint density at radius 2 is 1.90 bits per heavy atom. The van der Waals surface area contributed by atoms with Crippen LogP contribution in [0.5, 0.6) is 11.5 Å². The number of benzene rings is 2. The first kappa shape index (κ1) is 20.6. The molecule has 0 radical (unpaired) electrons. The Balaban J connectivity index is 1.24. The summed E-state index contributed by atoms with van der Waals surface area (Å²) in [6.45, 7) is 4.57. The number of carbonyl (C=O) groups excluding carboxylic acids is 1. The lowest BCUT2D eigenvalue weighted by Gasteiger charge is -2.33. The Labute approximate surface area is 179 Å². The van der Waals surface area contributed by atoms with Gasteiger partial charge in [-0.15, -0.1) is 0 Å². The summed E-state index contributed by atoms with van der Waals surface area (Å²) in [5, 5.41) is 15.1. The largest absolute Gasteiger partial charge is 0.454 e. The van der Waals surface area contributed by atoms with E-state index in [0.717, 1.165) is 26.2 Å². The number of hydrazone groups is 1. The SMILES string of the molecule is O=C(CC[NH+]1CCN(c2ccccc2)CC1)N/N=C\c1cc2c(cc1[N+](=O)[O-])OCO2. The van der Waals surface area contributed by atoms with E-state index in [1.807, 2.05) is 18.2 Å². The topological polar surface area (TPSA) is 111 Å². The zero-order chi connectivity index (χ0) is 21.6. The second-order valence-electron chi connectivity index (χ2n) is 7.39. The van der Waals surface area contributed by atoms with Crippen molar-refractivity contribution in [1.29, 1.82) is 0 Å². The van der Waals surface area contributed by atoms with Gasteiger partial charge in [-0.2, -0.15) is 5.10 Å². The van der Waals surface area contributed by atoms with Crippen LogP contribution >= 0.6 is 0 Å². The van der Waals surface area contributed by atoms with E-state index < -0.39 is 4.92 Å². The summed E-state index contributed by atoms with van der Waals surface area (Å²) in [6.07, 6.45) is 1.59. The minimum Gasteiger partial charge on any atom is -0.454 e. The van der Waals surface area contributed by atoms with Crippen LogP contribution in [-0.4, -0.2) is 56.6 Å². The molecule has 0 bridgehead atoms. The quantitative estimate of drug-likeness (QED) is 0.381. The molecule has 31 heavy (non-hydrogen) atoms. The average molecular weight is 426 g/mol. The highest BCUT2D eigenvalue weighted by Gasteiger charge is 2.23. The van der Waals surface area contributed by atoms with E-state index >= 15 is 0 Å². The lowest BCUT2D eigenvalue weighted by molar-refractivity contribution is -0.900. The van der Waals surface area contributed by atoms with Crippen LogP contribution in [0, 0.1) is 10.1 Å². The van der Waals surface area contributed by atoms with Crippen LogP contribution in [-0.2, 0) is 4.79 Å². The van der Waals surface area contributed by atoms with Crippen molar-refractivity contribution in [2.24, 2.45) is 5.10 Å². The van der Waals surface area contributed by atoms with E-state index in [1.54, 1.807) is 0 Å². The van der Waals surface area contributed by atoms with E-state index in [0.29, 0.717) is 24.5 Å². The molecule has 0 unspecified atom stereocenters. The van der Waals surface area contributed by atoms with Gasteiger partial charge >= 0.3 is 0 Å². The smallest absolute Gasteiger partial charge is 0.282 e. The average Bonchev–Trinajstić information content (AvgIpc) is 3.25. The molecule has 0 aromatic heterocycles. The maximum absolute atomic E-state index is 12.1. The summed E-state index contributed by atoms with van der Waals surface area (Å²) >= 11 is 0. The molecule has 0 saturated carbocycles. The molecule has 4 rings (SSSR count). The number of anilines is 1. The number of hydrogen-bond donors (Lipinski definition) is 2. The van der Waals surface area contributed by atoms with Gasteiger partial charge in [0.05, 0.1) is 61.9 Å². The fourth-order valence-electron chi connectivity index (χ4n) is 3.70. The lowest BCUT2D eigenvalue weighted by Crippen LogP contribution is -3.15. The molecule has 2 N–H and O–H groups in total. The summed E-state index contributed by atoms with van der Waals surface area (Å²) in [4.78, 5) is 26.6. The van der Waals surface area contributed by atoms with Crippen molar-refractivity contribution < 1.29 is 24.1 Å². The zero-order valence-corrected chi connectivity index (χ0v) is 17.0. The molecule has 2 aliphatic rings. The molecule has 2 aromatic rings. The number of nitrogens with one attached hydrogen (secondary N) is 2. The number of ether oxygens (including phenoxy) is 2. The molecule has 2 aromatic carbocycles. The molecule has 0 atom stereocenters. The summed E-state index contributed by atoms with van der Waals surface area (Å²) in [5.74, 6) is 0.512. The summed E-state index contributed by atoms with van der Waals surface area (Å²) in [6, 6.07) is 13.1. The summed E-state index contributed by atoms with van der Waals surface area (Å²) in [5.41, 5.74) is 3.75. The molecule has 1 saturated heterocycles. The van der Waals surface area contributed by atoms with E-state index in [9.17, 15) is 14.9 Å². The predicted molar refractivity (Wildman–Crippen MR) is 114 cm³/mol. The van der Waals surface area contributed by atoms with Crippen LogP contribution in [0.15, 0.2) is 47.6 Å². The van der Waals surface area contributed by atoms with Crippen molar-refractivity contribution in [1.82, 2.24) is 5.43 Å². The van der Waals surface area contributed by atoms with Crippen molar-refractivity contribution in [3.63, 3.8) is 0 Å². The van der Waals surface area contributed by atoms with Gasteiger partial charge < -0.3 is 19.3 Å². The normalized spacial score (nSPS) is 15.9. The van der Waals surface area contributed by atoms with Crippen molar-refractivity contribution >= 4 is 23.5 Å². The highest BCUT2D eigenvalue weighted by atomic mass is 16.7. The molecule has 2 heterocycles. The van der Waals surface area contributed by atoms with Crippen LogP contribution in [0.3, 0.4) is 0 Å². The number of carbonyl (C=O) groups is 1. The first-order valence-electron chi connectivity index (χ1n) is 10.1. The van der Waals surface area contributed by atoms with Crippen LogP contribution in [0.4, 0.5) is 11.4 Å². The molecule has 0 spiro atoms. The Morgan fingerprint density at radius 3 is 2.61 bits per heavy atom. The molecular weight excluding hydrogens is 402 g/mol. The van der Waals surface area contributed by atoms with Gasteiger partial charge in [0, 0.05) is 5.69 Å². The molecule has 10 heteroatoms. The third kappa shape index (κ3) is 5.10. The van der Waals surface area contributed by atoms with Gasteiger partial charge in [0.25, 0.3) is 5.69 Å². The summed E-state index contributed by atoms with van der Waals surface area (Å²) in [7, 11) is 0. The third-order valence-electron chi connectivity index (χ3n) is 5.41. The fourth-order valence-corrected chi connectivity index (χ4v) is 3.70. The summed E-state index contributed by atoms with van der Waals surface area (Å²) < 4.78 is 10.4. The molecule has 1 fully saturated rings. The standard InChI is InChI=1S/C21H23N5O5/c27-21(6-7-24-8-10-25(11-9-24)17-4-2-1-3-5-17)23-22-14-16-12-19-20(31-15-30-19)13-18(16)26(28)29/h1-5,12-14H,6-11,15H2,(H,23,27)/p+1/b22-14-. The van der Waals surface area contributed by atoms with Gasteiger partial charge in [-0.25, -0.2) is 5.43 Å². The number of piperazine rings is 1. The molecule has 10 nitrogen and oxygen atoms in total. The van der Waals surface area contributed by atoms with E-state index in [1.165, 1.54) is 28.9 Å². The zero-order valence-electron chi connectivity index (χ0n) is 17.0. The number of quaternary nitrogens is 1. The van der Waals surface area contributed by atoms with E-state index in [4.69, 9.17) is 9.47 Å². The van der Waals surface area contributed by atoms with Gasteiger partial charge in [0.1, 0.15) is 0 Å². The first-order valence-corrected chi connectivity index (χ1v) is 10.1. The number of nitro groups is 1. The number of rotatable bonds is 7. The second-order valence-corrected chi connectivity index (χ2v) is 7.39. The number of nitro benzene ring substituents is 1. The number of nitrogens with zero attached hydrogens (tertiary/aromatic N) is 3. The van der Waals surface area contributed by atoms with Gasteiger partial charge in [0.2, 0.25) is 12.7 Å². The van der Waals surface area contributed by atoms with Gasteiger partial charge in [-0.1, -0.05) is 18.2 Å². The minimum atomic E-state index is -0.524. The number of amides is 1. The maximum atomic E-state index is 12.1. The van der Waals surface area contributed by atoms with E-state index in [2.05, 4.69) is 27.6 Å². The first-order chi connectivity index (χ1) is 15.1. The Hall–Kier alpha value is -3.66. The van der Waals surface area contributed by atoms with Crippen molar-refractivity contribution in [2.75, 3.05) is 44.4 Å². The molecular formula is C21H24N5O5+. The predicted octanol–water partition coefficient (Wildman–Crippen LogP) is 0.569. The minimum absolute atomic E-state index is 0.0196. The highest BCUT2D eigenvalue weighted by Crippen LogP contribution is 2.37. The number of hydrogen-bond acceptors (Lipinski definition) is 7. The molecule has 2 aliphatic heterocycles. The highest BCUT2D eigenvalue weighted by molar-refractivity contribution is 5.88. The molecule has 0 aliphatic carbocycles.